The number of hydrogen-bond acceptors (Lipinski definition) is 3. The van der Waals surface area contributed by atoms with Crippen LogP contribution in [0.1, 0.15) is 12.5 Å². The predicted molar refractivity (Wildman–Crippen MR) is 75.9 cm³/mol. The quantitative estimate of drug-likeness (QED) is 0.718. The second kappa shape index (κ2) is 7.23. The highest BCUT2D eigenvalue weighted by atomic mass is 79.9. The van der Waals surface area contributed by atoms with Crippen LogP contribution in [-0.4, -0.2) is 38.7 Å². The number of nitrogens with zero attached hydrogens (tertiary/aromatic N) is 1. The van der Waals surface area contributed by atoms with Crippen molar-refractivity contribution in [3.05, 3.63) is 34.3 Å². The van der Waals surface area contributed by atoms with E-state index in [-0.39, 0.29) is 12.4 Å². The third-order valence-corrected chi connectivity index (χ3v) is 4.77. The second-order valence-electron chi connectivity index (χ2n) is 3.90. The monoisotopic (exact) mass is 335 g/mol. The van der Waals surface area contributed by atoms with Crippen molar-refractivity contribution in [3.63, 3.8) is 0 Å². The van der Waals surface area contributed by atoms with Crippen LogP contribution in [0.5, 0.6) is 0 Å². The van der Waals surface area contributed by atoms with Gasteiger partial charge in [-0.1, -0.05) is 28.1 Å². The van der Waals surface area contributed by atoms with Crippen molar-refractivity contribution in [2.45, 2.75) is 13.5 Å². The molecule has 0 fully saturated rings. The molecule has 0 bridgehead atoms. The summed E-state index contributed by atoms with van der Waals surface area (Å²) in [6.07, 6.45) is 0. The summed E-state index contributed by atoms with van der Waals surface area (Å²) < 4.78 is 31.2. The van der Waals surface area contributed by atoms with E-state index in [1.54, 1.807) is 7.05 Å². The van der Waals surface area contributed by atoms with Crippen LogP contribution in [-0.2, 0) is 21.3 Å². The van der Waals surface area contributed by atoms with Gasteiger partial charge in [0.2, 0.25) is 10.0 Å². The molecule has 0 unspecified atom stereocenters. The summed E-state index contributed by atoms with van der Waals surface area (Å²) in [7, 11) is -1.66. The fraction of sp³-hybridized carbons (Fsp3) is 0.500. The van der Waals surface area contributed by atoms with Gasteiger partial charge in [0.1, 0.15) is 0 Å². The summed E-state index contributed by atoms with van der Waals surface area (Å²) in [5.74, 6) is 0.0217. The molecule has 0 spiro atoms. The molecule has 0 aliphatic heterocycles. The fourth-order valence-corrected chi connectivity index (χ4v) is 2.66. The molecule has 4 nitrogen and oxygen atoms in total. The lowest BCUT2D eigenvalue weighted by Gasteiger charge is -2.17. The summed E-state index contributed by atoms with van der Waals surface area (Å²) in [6, 6.07) is 7.60. The molecule has 0 heterocycles. The van der Waals surface area contributed by atoms with Gasteiger partial charge in [-0.2, -0.15) is 0 Å². The van der Waals surface area contributed by atoms with Crippen molar-refractivity contribution in [1.82, 2.24) is 4.31 Å². The number of benzene rings is 1. The molecule has 0 aromatic heterocycles. The molecule has 0 atom stereocenters. The summed E-state index contributed by atoms with van der Waals surface area (Å²) in [5.41, 5.74) is 0.959. The average molecular weight is 336 g/mol. The van der Waals surface area contributed by atoms with Gasteiger partial charge in [-0.05, 0) is 24.6 Å². The Bertz CT molecular complexity index is 459. The van der Waals surface area contributed by atoms with Crippen molar-refractivity contribution in [2.75, 3.05) is 26.0 Å². The van der Waals surface area contributed by atoms with Crippen LogP contribution >= 0.6 is 15.9 Å². The minimum absolute atomic E-state index is 0.0217. The van der Waals surface area contributed by atoms with Crippen molar-refractivity contribution >= 4 is 26.0 Å². The molecule has 0 aliphatic rings. The molecule has 1 rings (SSSR count). The fourth-order valence-electron chi connectivity index (χ4n) is 1.41. The Labute approximate surface area is 117 Å². The Hall–Kier alpha value is -0.430. The van der Waals surface area contributed by atoms with E-state index < -0.39 is 10.0 Å². The zero-order valence-electron chi connectivity index (χ0n) is 10.6. The zero-order chi connectivity index (χ0) is 13.6. The number of rotatable bonds is 7. The van der Waals surface area contributed by atoms with Crippen molar-refractivity contribution in [3.8, 4) is 0 Å². The molecule has 0 radical (unpaired) electrons. The SMILES string of the molecule is CCOCCS(=O)(=O)N(C)Cc1ccc(Br)cc1. The van der Waals surface area contributed by atoms with Crippen LogP contribution in [0.3, 0.4) is 0 Å². The van der Waals surface area contributed by atoms with Gasteiger partial charge in [0, 0.05) is 24.7 Å². The Kier molecular flexibility index (Phi) is 6.28. The number of sulfonamides is 1. The molecule has 0 aliphatic carbocycles. The largest absolute Gasteiger partial charge is 0.381 e. The van der Waals surface area contributed by atoms with E-state index in [0.29, 0.717) is 13.2 Å². The summed E-state index contributed by atoms with van der Waals surface area (Å²) in [5, 5.41) is 0. The van der Waals surface area contributed by atoms with Crippen LogP contribution < -0.4 is 0 Å². The van der Waals surface area contributed by atoms with E-state index in [4.69, 9.17) is 4.74 Å². The Morgan fingerprint density at radius 3 is 2.44 bits per heavy atom. The van der Waals surface area contributed by atoms with E-state index in [1.807, 2.05) is 31.2 Å². The highest BCUT2D eigenvalue weighted by Gasteiger charge is 2.17. The first kappa shape index (κ1) is 15.6. The molecule has 102 valence electrons. The van der Waals surface area contributed by atoms with E-state index in [0.717, 1.165) is 10.0 Å². The van der Waals surface area contributed by atoms with Gasteiger partial charge in [0.05, 0.1) is 12.4 Å². The molecule has 0 saturated heterocycles. The van der Waals surface area contributed by atoms with E-state index in [9.17, 15) is 8.42 Å². The van der Waals surface area contributed by atoms with Gasteiger partial charge in [-0.25, -0.2) is 12.7 Å². The van der Waals surface area contributed by atoms with Crippen LogP contribution in [0.15, 0.2) is 28.7 Å². The lowest BCUT2D eigenvalue weighted by atomic mass is 10.2. The summed E-state index contributed by atoms with van der Waals surface area (Å²) in [6.45, 7) is 3.00. The van der Waals surface area contributed by atoms with Gasteiger partial charge in [-0.3, -0.25) is 0 Å². The first-order valence-corrected chi connectivity index (χ1v) is 8.12. The number of ether oxygens (including phenoxy) is 1. The van der Waals surface area contributed by atoms with Crippen molar-refractivity contribution in [1.29, 1.82) is 0 Å². The van der Waals surface area contributed by atoms with Gasteiger partial charge in [-0.15, -0.1) is 0 Å². The van der Waals surface area contributed by atoms with Gasteiger partial charge in [0.15, 0.2) is 0 Å². The van der Waals surface area contributed by atoms with Crippen LogP contribution in [0.4, 0.5) is 0 Å². The smallest absolute Gasteiger partial charge is 0.216 e. The van der Waals surface area contributed by atoms with E-state index in [2.05, 4.69) is 15.9 Å². The third kappa shape index (κ3) is 5.06. The summed E-state index contributed by atoms with van der Waals surface area (Å²) in [4.78, 5) is 0. The van der Waals surface area contributed by atoms with Gasteiger partial charge < -0.3 is 4.74 Å². The lowest BCUT2D eigenvalue weighted by Crippen LogP contribution is -2.30. The highest BCUT2D eigenvalue weighted by Crippen LogP contribution is 2.13. The topological polar surface area (TPSA) is 46.6 Å². The molecule has 6 heteroatoms. The van der Waals surface area contributed by atoms with Gasteiger partial charge in [0.25, 0.3) is 0 Å². The first-order valence-electron chi connectivity index (χ1n) is 5.72. The molecule has 1 aromatic rings. The maximum atomic E-state index is 11.9. The molecular formula is C12H18BrNO3S. The van der Waals surface area contributed by atoms with E-state index >= 15 is 0 Å². The minimum atomic E-state index is -3.24. The Balaban J connectivity index is 2.58. The Morgan fingerprint density at radius 1 is 1.28 bits per heavy atom. The minimum Gasteiger partial charge on any atom is -0.381 e. The van der Waals surface area contributed by atoms with Crippen molar-refractivity contribution < 1.29 is 13.2 Å². The molecular weight excluding hydrogens is 318 g/mol. The zero-order valence-corrected chi connectivity index (χ0v) is 13.0. The first-order chi connectivity index (χ1) is 8.45. The maximum Gasteiger partial charge on any atom is 0.216 e. The standard InChI is InChI=1S/C12H18BrNO3S/c1-3-17-8-9-18(15,16)14(2)10-11-4-6-12(13)7-5-11/h4-7H,3,8-10H2,1-2H3. The van der Waals surface area contributed by atoms with E-state index in [1.165, 1.54) is 4.31 Å². The molecule has 18 heavy (non-hydrogen) atoms. The molecule has 0 saturated carbocycles. The van der Waals surface area contributed by atoms with Crippen LogP contribution in [0, 0.1) is 0 Å². The molecule has 0 amide bonds. The lowest BCUT2D eigenvalue weighted by molar-refractivity contribution is 0.162. The van der Waals surface area contributed by atoms with Crippen molar-refractivity contribution in [2.24, 2.45) is 0 Å². The maximum absolute atomic E-state index is 11.9. The third-order valence-electron chi connectivity index (χ3n) is 2.48. The van der Waals surface area contributed by atoms with Gasteiger partial charge >= 0.3 is 0 Å². The predicted octanol–water partition coefficient (Wildman–Crippen LogP) is 2.25. The molecule has 1 aromatic carbocycles. The second-order valence-corrected chi connectivity index (χ2v) is 7.01. The van der Waals surface area contributed by atoms with Crippen LogP contribution in [0.2, 0.25) is 0 Å². The molecule has 0 N–H and O–H groups in total. The highest BCUT2D eigenvalue weighted by molar-refractivity contribution is 9.10. The number of hydrogen-bond donors (Lipinski definition) is 0. The summed E-state index contributed by atoms with van der Waals surface area (Å²) >= 11 is 3.34. The average Bonchev–Trinajstić information content (AvgIpc) is 2.32. The number of halogens is 1. The van der Waals surface area contributed by atoms with Crippen LogP contribution in [0.25, 0.3) is 0 Å². The normalized spacial score (nSPS) is 12.0. The Morgan fingerprint density at radius 2 is 1.89 bits per heavy atom.